The lowest BCUT2D eigenvalue weighted by Crippen LogP contribution is -2.50. The number of hydrogen-bond donors (Lipinski definition) is 0. The molecule has 28 heavy (non-hydrogen) atoms. The summed E-state index contributed by atoms with van der Waals surface area (Å²) < 4.78 is 12.9. The number of allylic oxidation sites excluding steroid dienone is 1. The SMILES string of the molecule is COC1(O[C@@H]2CC[C@@H]3[C@@H]4CCC5=CC(=O)CC[C@@H]5[C@H]4CC[C@@]32C)CCCCC1. The molecule has 0 heterocycles. The fourth-order valence-corrected chi connectivity index (χ4v) is 8.05. The molecule has 5 rings (SSSR count). The molecule has 0 spiro atoms. The summed E-state index contributed by atoms with van der Waals surface area (Å²) in [6.45, 7) is 2.54. The van der Waals surface area contributed by atoms with Crippen LogP contribution in [0.4, 0.5) is 0 Å². The molecule has 0 bridgehead atoms. The van der Waals surface area contributed by atoms with Crippen LogP contribution in [0.5, 0.6) is 0 Å². The zero-order chi connectivity index (χ0) is 19.4. The molecule has 4 fully saturated rings. The van der Waals surface area contributed by atoms with Gasteiger partial charge in [0.1, 0.15) is 0 Å². The average Bonchev–Trinajstić information content (AvgIpc) is 3.04. The number of ether oxygens (including phenoxy) is 2. The molecule has 5 aliphatic rings. The van der Waals surface area contributed by atoms with Gasteiger partial charge in [0.15, 0.2) is 11.6 Å². The Kier molecular flexibility index (Phi) is 4.99. The molecular formula is C25H38O3. The molecule has 3 heteroatoms. The normalized spacial score (nSPS) is 45.0. The zero-order valence-corrected chi connectivity index (χ0v) is 17.9. The van der Waals surface area contributed by atoms with Crippen molar-refractivity contribution in [3.63, 3.8) is 0 Å². The highest BCUT2D eigenvalue weighted by atomic mass is 16.7. The van der Waals surface area contributed by atoms with E-state index in [1.54, 1.807) is 0 Å². The molecule has 0 aliphatic heterocycles. The van der Waals surface area contributed by atoms with Gasteiger partial charge in [0.2, 0.25) is 0 Å². The Morgan fingerprint density at radius 2 is 1.75 bits per heavy atom. The minimum atomic E-state index is -0.316. The molecule has 0 aromatic heterocycles. The molecule has 0 aromatic rings. The van der Waals surface area contributed by atoms with Crippen LogP contribution in [0.1, 0.15) is 90.4 Å². The van der Waals surface area contributed by atoms with Gasteiger partial charge < -0.3 is 9.47 Å². The van der Waals surface area contributed by atoms with Gasteiger partial charge in [-0.3, -0.25) is 4.79 Å². The highest BCUT2D eigenvalue weighted by Crippen LogP contribution is 2.63. The smallest absolute Gasteiger partial charge is 0.168 e. The van der Waals surface area contributed by atoms with Gasteiger partial charge in [-0.05, 0) is 93.0 Å². The predicted octanol–water partition coefficient (Wildman–Crippen LogP) is 5.82. The first kappa shape index (κ1) is 19.3. The Bertz CT molecular complexity index is 646. The molecule has 0 unspecified atom stereocenters. The molecule has 3 nitrogen and oxygen atoms in total. The largest absolute Gasteiger partial charge is 0.353 e. The van der Waals surface area contributed by atoms with Gasteiger partial charge in [-0.1, -0.05) is 18.9 Å². The first-order valence-electron chi connectivity index (χ1n) is 12.0. The van der Waals surface area contributed by atoms with E-state index in [2.05, 4.69) is 6.92 Å². The lowest BCUT2D eigenvalue weighted by atomic mass is 9.52. The van der Waals surface area contributed by atoms with Crippen LogP contribution in [0.3, 0.4) is 0 Å². The van der Waals surface area contributed by atoms with Gasteiger partial charge in [-0.2, -0.15) is 0 Å². The van der Waals surface area contributed by atoms with E-state index in [0.29, 0.717) is 23.2 Å². The lowest BCUT2D eigenvalue weighted by Gasteiger charge is -2.54. The maximum Gasteiger partial charge on any atom is 0.168 e. The molecule has 0 aromatic carbocycles. The summed E-state index contributed by atoms with van der Waals surface area (Å²) in [5, 5.41) is 0. The summed E-state index contributed by atoms with van der Waals surface area (Å²) in [6.07, 6.45) is 17.8. The van der Waals surface area contributed by atoms with Gasteiger partial charge >= 0.3 is 0 Å². The zero-order valence-electron chi connectivity index (χ0n) is 17.9. The fraction of sp³-hybridized carbons (Fsp3) is 0.880. The van der Waals surface area contributed by atoms with Crippen molar-refractivity contribution >= 4 is 5.78 Å². The molecule has 6 atom stereocenters. The minimum absolute atomic E-state index is 0.315. The van der Waals surface area contributed by atoms with Crippen molar-refractivity contribution in [2.24, 2.45) is 29.1 Å². The Morgan fingerprint density at radius 3 is 2.54 bits per heavy atom. The third-order valence-electron chi connectivity index (χ3n) is 9.56. The first-order valence-corrected chi connectivity index (χ1v) is 12.0. The molecule has 0 N–H and O–H groups in total. The Balaban J connectivity index is 1.34. The third-order valence-corrected chi connectivity index (χ3v) is 9.56. The second-order valence-electron chi connectivity index (χ2n) is 10.7. The molecule has 5 aliphatic carbocycles. The topological polar surface area (TPSA) is 35.5 Å². The quantitative estimate of drug-likeness (QED) is 0.573. The first-order chi connectivity index (χ1) is 13.5. The van der Waals surface area contributed by atoms with Crippen LogP contribution in [0, 0.1) is 29.1 Å². The second kappa shape index (κ2) is 7.23. The van der Waals surface area contributed by atoms with Crippen LogP contribution in [0.15, 0.2) is 11.6 Å². The number of methoxy groups -OCH3 is 1. The van der Waals surface area contributed by atoms with Crippen molar-refractivity contribution in [2.75, 3.05) is 7.11 Å². The van der Waals surface area contributed by atoms with Crippen molar-refractivity contribution in [1.82, 2.24) is 0 Å². The van der Waals surface area contributed by atoms with E-state index < -0.39 is 0 Å². The van der Waals surface area contributed by atoms with Crippen LogP contribution < -0.4 is 0 Å². The maximum absolute atomic E-state index is 11.9. The third kappa shape index (κ3) is 3.03. The number of hydrogen-bond acceptors (Lipinski definition) is 3. The second-order valence-corrected chi connectivity index (χ2v) is 10.7. The predicted molar refractivity (Wildman–Crippen MR) is 110 cm³/mol. The Hall–Kier alpha value is -0.670. The molecule has 0 radical (unpaired) electrons. The lowest BCUT2D eigenvalue weighted by molar-refractivity contribution is -0.279. The van der Waals surface area contributed by atoms with Crippen LogP contribution in [0.25, 0.3) is 0 Å². The van der Waals surface area contributed by atoms with E-state index >= 15 is 0 Å². The summed E-state index contributed by atoms with van der Waals surface area (Å²) in [4.78, 5) is 11.9. The summed E-state index contributed by atoms with van der Waals surface area (Å²) in [5.74, 6) is 3.21. The van der Waals surface area contributed by atoms with Crippen molar-refractivity contribution in [3.8, 4) is 0 Å². The number of ketones is 1. The van der Waals surface area contributed by atoms with E-state index in [4.69, 9.17) is 9.47 Å². The van der Waals surface area contributed by atoms with Crippen molar-refractivity contribution < 1.29 is 14.3 Å². The van der Waals surface area contributed by atoms with Gasteiger partial charge in [0.05, 0.1) is 6.10 Å². The Labute approximate surface area is 170 Å². The monoisotopic (exact) mass is 386 g/mol. The van der Waals surface area contributed by atoms with Crippen molar-refractivity contribution in [1.29, 1.82) is 0 Å². The average molecular weight is 387 g/mol. The van der Waals surface area contributed by atoms with Crippen LogP contribution in [0.2, 0.25) is 0 Å². The molecule has 0 amide bonds. The Morgan fingerprint density at radius 1 is 0.929 bits per heavy atom. The fourth-order valence-electron chi connectivity index (χ4n) is 8.05. The number of carbonyl (C=O) groups is 1. The summed E-state index contributed by atoms with van der Waals surface area (Å²) >= 11 is 0. The summed E-state index contributed by atoms with van der Waals surface area (Å²) in [6, 6.07) is 0. The minimum Gasteiger partial charge on any atom is -0.353 e. The van der Waals surface area contributed by atoms with E-state index in [-0.39, 0.29) is 5.79 Å². The molecule has 0 saturated heterocycles. The van der Waals surface area contributed by atoms with Crippen LogP contribution in [-0.2, 0) is 14.3 Å². The van der Waals surface area contributed by atoms with E-state index in [1.807, 2.05) is 13.2 Å². The van der Waals surface area contributed by atoms with Crippen molar-refractivity contribution in [3.05, 3.63) is 11.6 Å². The van der Waals surface area contributed by atoms with Crippen LogP contribution >= 0.6 is 0 Å². The van der Waals surface area contributed by atoms with Crippen molar-refractivity contribution in [2.45, 2.75) is 102 Å². The molecular weight excluding hydrogens is 348 g/mol. The summed E-state index contributed by atoms with van der Waals surface area (Å²) in [7, 11) is 1.86. The number of fused-ring (bicyclic) bond motifs is 5. The standard InChI is InChI=1S/C25H38O3/c1-24-15-12-20-19-9-7-18(26)16-17(19)6-8-21(20)22(24)10-11-23(24)28-25(27-2)13-4-3-5-14-25/h16,19-23H,3-15H2,1-2H3/t19-,20+,21+,22+,23+,24-/m0/s1. The number of rotatable bonds is 3. The molecule has 156 valence electrons. The molecule has 4 saturated carbocycles. The van der Waals surface area contributed by atoms with E-state index in [0.717, 1.165) is 49.9 Å². The van der Waals surface area contributed by atoms with Gasteiger partial charge in [0, 0.05) is 26.4 Å². The van der Waals surface area contributed by atoms with Crippen LogP contribution in [-0.4, -0.2) is 24.8 Å². The highest BCUT2D eigenvalue weighted by molar-refractivity contribution is 5.91. The summed E-state index contributed by atoms with van der Waals surface area (Å²) in [5.41, 5.74) is 1.81. The van der Waals surface area contributed by atoms with Gasteiger partial charge in [-0.25, -0.2) is 0 Å². The van der Waals surface area contributed by atoms with E-state index in [9.17, 15) is 4.79 Å². The van der Waals surface area contributed by atoms with E-state index in [1.165, 1.54) is 56.9 Å². The number of carbonyl (C=O) groups excluding carboxylic acids is 1. The van der Waals surface area contributed by atoms with Gasteiger partial charge in [0.25, 0.3) is 0 Å². The maximum atomic E-state index is 11.9. The van der Waals surface area contributed by atoms with Gasteiger partial charge in [-0.15, -0.1) is 0 Å². The highest BCUT2D eigenvalue weighted by Gasteiger charge is 2.58.